The van der Waals surface area contributed by atoms with Crippen LogP contribution in [0, 0.1) is 5.82 Å². The Labute approximate surface area is 145 Å². The molecule has 2 aromatic carbocycles. The summed E-state index contributed by atoms with van der Waals surface area (Å²) in [5.41, 5.74) is 1.56. The fourth-order valence-electron chi connectivity index (χ4n) is 2.16. The van der Waals surface area contributed by atoms with Gasteiger partial charge in [0.2, 0.25) is 5.91 Å². The third-order valence-corrected chi connectivity index (χ3v) is 4.74. The number of H-pyrrole nitrogens is 2. The maximum atomic E-state index is 13.2. The van der Waals surface area contributed by atoms with Crippen molar-refractivity contribution in [3.8, 4) is 0 Å². The Morgan fingerprint density at radius 2 is 1.96 bits per heavy atom. The Morgan fingerprint density at radius 1 is 1.21 bits per heavy atom. The molecule has 8 heteroatoms. The number of hydrogen-bond acceptors (Lipinski definition) is 3. The molecule has 1 aromatic heterocycles. The molecule has 124 valence electrons. The summed E-state index contributed by atoms with van der Waals surface area (Å²) >= 11 is 7.02. The minimum atomic E-state index is -0.494. The summed E-state index contributed by atoms with van der Waals surface area (Å²) in [6.07, 6.45) is 0. The zero-order valence-corrected chi connectivity index (χ0v) is 14.1. The van der Waals surface area contributed by atoms with E-state index in [1.54, 1.807) is 31.2 Å². The second-order valence-corrected chi connectivity index (χ2v) is 6.99. The van der Waals surface area contributed by atoms with Gasteiger partial charge in [0.25, 0.3) is 0 Å². The summed E-state index contributed by atoms with van der Waals surface area (Å²) in [5.74, 6) is -0.704. The van der Waals surface area contributed by atoms with Crippen LogP contribution in [0.4, 0.5) is 10.1 Å². The molecule has 0 aliphatic rings. The van der Waals surface area contributed by atoms with Crippen LogP contribution in [-0.2, 0) is 4.79 Å². The van der Waals surface area contributed by atoms with Gasteiger partial charge in [0.15, 0.2) is 0 Å². The Morgan fingerprint density at radius 3 is 2.71 bits per heavy atom. The average Bonchev–Trinajstić information content (AvgIpc) is 2.90. The molecule has 3 rings (SSSR count). The highest BCUT2D eigenvalue weighted by Crippen LogP contribution is 2.28. The zero-order chi connectivity index (χ0) is 17.3. The van der Waals surface area contributed by atoms with Crippen LogP contribution in [0.15, 0.2) is 46.1 Å². The molecule has 0 unspecified atom stereocenters. The summed E-state index contributed by atoms with van der Waals surface area (Å²) in [6.45, 7) is 1.74. The SMILES string of the molecule is C[C@@H](Sc1ccc(F)c(Cl)c1)C(=O)Nc1ccc2[nH]c(=O)[nH]c2c1. The Balaban J connectivity index is 1.70. The fraction of sp³-hybridized carbons (Fsp3) is 0.125. The van der Waals surface area contributed by atoms with Crippen molar-refractivity contribution in [3.05, 3.63) is 57.7 Å². The van der Waals surface area contributed by atoms with Crippen molar-refractivity contribution >= 4 is 46.0 Å². The topological polar surface area (TPSA) is 77.8 Å². The summed E-state index contributed by atoms with van der Waals surface area (Å²) in [5, 5.41) is 2.40. The van der Waals surface area contributed by atoms with Crippen LogP contribution in [0.2, 0.25) is 5.02 Å². The van der Waals surface area contributed by atoms with E-state index in [1.165, 1.54) is 23.9 Å². The second kappa shape index (κ2) is 6.70. The van der Waals surface area contributed by atoms with Gasteiger partial charge in [-0.15, -0.1) is 11.8 Å². The lowest BCUT2D eigenvalue weighted by Crippen LogP contribution is -2.22. The van der Waals surface area contributed by atoms with E-state index in [0.717, 1.165) is 0 Å². The van der Waals surface area contributed by atoms with Gasteiger partial charge in [0, 0.05) is 10.6 Å². The summed E-state index contributed by atoms with van der Waals surface area (Å²) < 4.78 is 13.2. The van der Waals surface area contributed by atoms with Crippen molar-refractivity contribution in [1.82, 2.24) is 9.97 Å². The Bertz CT molecular complexity index is 969. The molecule has 0 fully saturated rings. The molecule has 0 aliphatic carbocycles. The number of imidazole rings is 1. The number of aromatic nitrogens is 2. The average molecular weight is 366 g/mol. The lowest BCUT2D eigenvalue weighted by atomic mass is 10.2. The highest BCUT2D eigenvalue weighted by Gasteiger charge is 2.15. The molecule has 1 amide bonds. The van der Waals surface area contributed by atoms with E-state index < -0.39 is 11.1 Å². The van der Waals surface area contributed by atoms with Crippen LogP contribution in [-0.4, -0.2) is 21.1 Å². The molecule has 1 heterocycles. The number of benzene rings is 2. The summed E-state index contributed by atoms with van der Waals surface area (Å²) in [4.78, 5) is 29.5. The molecule has 0 bridgehead atoms. The second-order valence-electron chi connectivity index (χ2n) is 5.16. The van der Waals surface area contributed by atoms with Crippen molar-refractivity contribution in [2.45, 2.75) is 17.1 Å². The molecule has 5 nitrogen and oxygen atoms in total. The third kappa shape index (κ3) is 3.63. The lowest BCUT2D eigenvalue weighted by molar-refractivity contribution is -0.115. The zero-order valence-electron chi connectivity index (χ0n) is 12.5. The van der Waals surface area contributed by atoms with E-state index in [2.05, 4.69) is 15.3 Å². The third-order valence-electron chi connectivity index (χ3n) is 3.36. The van der Waals surface area contributed by atoms with Gasteiger partial charge in [0.1, 0.15) is 5.82 Å². The van der Waals surface area contributed by atoms with E-state index in [4.69, 9.17) is 11.6 Å². The molecule has 0 saturated carbocycles. The largest absolute Gasteiger partial charge is 0.325 e. The van der Waals surface area contributed by atoms with Crippen LogP contribution in [0.3, 0.4) is 0 Å². The number of carbonyl (C=O) groups is 1. The Hall–Kier alpha value is -2.25. The number of thioether (sulfide) groups is 1. The fourth-order valence-corrected chi connectivity index (χ4v) is 3.31. The lowest BCUT2D eigenvalue weighted by Gasteiger charge is -2.12. The Kier molecular flexibility index (Phi) is 4.64. The standard InChI is InChI=1S/C16H13ClFN3O2S/c1-8(24-10-3-4-12(18)11(17)7-10)15(22)19-9-2-5-13-14(6-9)21-16(23)20-13/h2-8H,1H3,(H,19,22)(H2,20,21,23)/t8-/m1/s1. The van der Waals surface area contributed by atoms with Gasteiger partial charge in [-0.25, -0.2) is 9.18 Å². The maximum Gasteiger partial charge on any atom is 0.323 e. The molecule has 0 radical (unpaired) electrons. The van der Waals surface area contributed by atoms with Gasteiger partial charge in [-0.05, 0) is 43.3 Å². The first-order valence-corrected chi connectivity index (χ1v) is 8.33. The predicted molar refractivity (Wildman–Crippen MR) is 94.3 cm³/mol. The van der Waals surface area contributed by atoms with Gasteiger partial charge >= 0.3 is 5.69 Å². The van der Waals surface area contributed by atoms with Crippen molar-refractivity contribution in [3.63, 3.8) is 0 Å². The van der Waals surface area contributed by atoms with Crippen LogP contribution in [0.1, 0.15) is 6.92 Å². The highest BCUT2D eigenvalue weighted by atomic mass is 35.5. The molecule has 0 spiro atoms. The van der Waals surface area contributed by atoms with Crippen molar-refractivity contribution in [2.24, 2.45) is 0 Å². The number of aromatic amines is 2. The molecule has 24 heavy (non-hydrogen) atoms. The van der Waals surface area contributed by atoms with Crippen LogP contribution < -0.4 is 11.0 Å². The molecule has 3 N–H and O–H groups in total. The monoisotopic (exact) mass is 365 g/mol. The van der Waals surface area contributed by atoms with E-state index in [1.807, 2.05) is 0 Å². The van der Waals surface area contributed by atoms with E-state index >= 15 is 0 Å². The highest BCUT2D eigenvalue weighted by molar-refractivity contribution is 8.00. The van der Waals surface area contributed by atoms with Crippen molar-refractivity contribution < 1.29 is 9.18 Å². The number of fused-ring (bicyclic) bond motifs is 1. The number of halogens is 2. The molecular formula is C16H13ClFN3O2S. The summed E-state index contributed by atoms with van der Waals surface area (Å²) in [7, 11) is 0. The first-order valence-electron chi connectivity index (χ1n) is 7.07. The first-order chi connectivity index (χ1) is 11.4. The van der Waals surface area contributed by atoms with Gasteiger partial charge < -0.3 is 15.3 Å². The van der Waals surface area contributed by atoms with Gasteiger partial charge in [0.05, 0.1) is 21.3 Å². The van der Waals surface area contributed by atoms with Crippen molar-refractivity contribution in [2.75, 3.05) is 5.32 Å². The number of amides is 1. The number of carbonyl (C=O) groups excluding carboxylic acids is 1. The van der Waals surface area contributed by atoms with Crippen LogP contribution in [0.5, 0.6) is 0 Å². The molecular weight excluding hydrogens is 353 g/mol. The van der Waals surface area contributed by atoms with Crippen LogP contribution >= 0.6 is 23.4 Å². The first kappa shape index (κ1) is 16.6. The quantitative estimate of drug-likeness (QED) is 0.616. The molecule has 3 aromatic rings. The predicted octanol–water partition coefficient (Wildman–Crippen LogP) is 3.77. The van der Waals surface area contributed by atoms with Crippen LogP contribution in [0.25, 0.3) is 11.0 Å². The molecule has 0 aliphatic heterocycles. The minimum Gasteiger partial charge on any atom is -0.325 e. The van der Waals surface area contributed by atoms with E-state index in [9.17, 15) is 14.0 Å². The normalized spacial score (nSPS) is 12.3. The van der Waals surface area contributed by atoms with E-state index in [-0.39, 0.29) is 16.6 Å². The summed E-state index contributed by atoms with van der Waals surface area (Å²) in [6, 6.07) is 9.42. The van der Waals surface area contributed by atoms with Crippen molar-refractivity contribution in [1.29, 1.82) is 0 Å². The number of hydrogen-bond donors (Lipinski definition) is 3. The number of rotatable bonds is 4. The van der Waals surface area contributed by atoms with Gasteiger partial charge in [-0.2, -0.15) is 0 Å². The van der Waals surface area contributed by atoms with Gasteiger partial charge in [-0.3, -0.25) is 4.79 Å². The maximum absolute atomic E-state index is 13.2. The number of nitrogens with one attached hydrogen (secondary N) is 3. The molecule has 1 atom stereocenters. The molecule has 0 saturated heterocycles. The number of anilines is 1. The smallest absolute Gasteiger partial charge is 0.323 e. The minimum absolute atomic E-state index is 0.0227. The van der Waals surface area contributed by atoms with E-state index in [0.29, 0.717) is 21.6 Å². The van der Waals surface area contributed by atoms with Gasteiger partial charge in [-0.1, -0.05) is 11.6 Å².